The third-order valence-electron chi connectivity index (χ3n) is 6.53. The normalized spacial score (nSPS) is 27.1. The fraction of sp³-hybridized carbons (Fsp3) is 0.458. The highest BCUT2D eigenvalue weighted by molar-refractivity contribution is 5.92. The Morgan fingerprint density at radius 3 is 2.62 bits per heavy atom. The summed E-state index contributed by atoms with van der Waals surface area (Å²) >= 11 is 0. The van der Waals surface area contributed by atoms with Crippen LogP contribution in [0.4, 0.5) is 5.69 Å². The van der Waals surface area contributed by atoms with Gasteiger partial charge in [0, 0.05) is 24.2 Å². The maximum atomic E-state index is 12.8. The smallest absolute Gasteiger partial charge is 0.238 e. The molecule has 0 bridgehead atoms. The van der Waals surface area contributed by atoms with E-state index < -0.39 is 5.60 Å². The lowest BCUT2D eigenvalue weighted by Crippen LogP contribution is -2.56. The molecule has 1 amide bonds. The molecule has 1 saturated carbocycles. The number of piperidine rings is 1. The number of anilines is 1. The minimum absolute atomic E-state index is 0.0176. The minimum atomic E-state index is -0.630. The highest BCUT2D eigenvalue weighted by Gasteiger charge is 2.49. The van der Waals surface area contributed by atoms with Gasteiger partial charge in [0.05, 0.1) is 19.3 Å². The van der Waals surface area contributed by atoms with Gasteiger partial charge < -0.3 is 15.2 Å². The van der Waals surface area contributed by atoms with Crippen LogP contribution >= 0.6 is 0 Å². The van der Waals surface area contributed by atoms with Gasteiger partial charge in [-0.2, -0.15) is 0 Å². The van der Waals surface area contributed by atoms with Crippen molar-refractivity contribution in [3.05, 3.63) is 60.2 Å². The molecule has 1 unspecified atom stereocenters. The first-order valence-corrected chi connectivity index (χ1v) is 10.5. The van der Waals surface area contributed by atoms with Crippen molar-refractivity contribution in [2.45, 2.75) is 43.7 Å². The summed E-state index contributed by atoms with van der Waals surface area (Å²) in [6, 6.07) is 17.7. The minimum Gasteiger partial charge on any atom is -0.497 e. The number of carbonyl (C=O) groups is 1. The predicted octanol–water partition coefficient (Wildman–Crippen LogP) is 4.00. The molecule has 3 atom stereocenters. The molecule has 5 nitrogen and oxygen atoms in total. The number of ether oxygens (including phenoxy) is 1. The molecule has 1 saturated heterocycles. The van der Waals surface area contributed by atoms with Crippen LogP contribution in [0.3, 0.4) is 0 Å². The Hall–Kier alpha value is -2.37. The van der Waals surface area contributed by atoms with Crippen LogP contribution in [0, 0.1) is 5.92 Å². The Morgan fingerprint density at radius 2 is 1.90 bits per heavy atom. The summed E-state index contributed by atoms with van der Waals surface area (Å²) in [5.41, 5.74) is 1.32. The van der Waals surface area contributed by atoms with E-state index in [1.54, 1.807) is 7.11 Å². The van der Waals surface area contributed by atoms with Gasteiger partial charge in [0.25, 0.3) is 0 Å². The number of hydrogen-bond acceptors (Lipinski definition) is 4. The van der Waals surface area contributed by atoms with Crippen LogP contribution in [0.25, 0.3) is 0 Å². The predicted molar refractivity (Wildman–Crippen MR) is 114 cm³/mol. The Bertz CT molecular complexity index is 824. The number of fused-ring (bicyclic) bond motifs is 1. The first-order valence-electron chi connectivity index (χ1n) is 10.5. The molecule has 2 aliphatic rings. The van der Waals surface area contributed by atoms with Crippen molar-refractivity contribution in [3.63, 3.8) is 0 Å². The van der Waals surface area contributed by atoms with Gasteiger partial charge in [0.1, 0.15) is 5.75 Å². The topological polar surface area (TPSA) is 61.8 Å². The number of nitrogens with one attached hydrogen (secondary N) is 1. The van der Waals surface area contributed by atoms with Crippen molar-refractivity contribution in [3.8, 4) is 5.75 Å². The van der Waals surface area contributed by atoms with Crippen LogP contribution in [0.5, 0.6) is 5.75 Å². The van der Waals surface area contributed by atoms with Crippen molar-refractivity contribution in [2.24, 2.45) is 5.92 Å². The monoisotopic (exact) mass is 394 g/mol. The summed E-state index contributed by atoms with van der Waals surface area (Å²) in [4.78, 5) is 15.0. The second-order valence-corrected chi connectivity index (χ2v) is 8.31. The summed E-state index contributed by atoms with van der Waals surface area (Å²) in [6.07, 6.45) is 4.78. The van der Waals surface area contributed by atoms with Gasteiger partial charge in [-0.25, -0.2) is 0 Å². The van der Waals surface area contributed by atoms with Gasteiger partial charge in [-0.1, -0.05) is 43.2 Å². The summed E-state index contributed by atoms with van der Waals surface area (Å²) in [6.45, 7) is 1.03. The number of likely N-dealkylation sites (tertiary alicyclic amines) is 1. The zero-order valence-corrected chi connectivity index (χ0v) is 17.0. The van der Waals surface area contributed by atoms with Crippen molar-refractivity contribution < 1.29 is 14.6 Å². The Balaban J connectivity index is 1.57. The molecule has 154 valence electrons. The standard InChI is InChI=1S/C24H30N2O3/c1-29-20-12-10-18(11-13-20)23-21-9-5-6-14-24(21,28)15-16-26(23)17-22(27)25-19-7-3-2-4-8-19/h2-4,7-8,10-13,21,23,28H,5-6,9,14-17H2,1H3,(H,25,27)/t21-,23?,24-/m0/s1. The van der Waals surface area contributed by atoms with E-state index in [1.165, 1.54) is 0 Å². The molecule has 29 heavy (non-hydrogen) atoms. The molecule has 2 aromatic rings. The van der Waals surface area contributed by atoms with E-state index in [9.17, 15) is 9.90 Å². The third kappa shape index (κ3) is 4.31. The van der Waals surface area contributed by atoms with Crippen LogP contribution < -0.4 is 10.1 Å². The number of hydrogen-bond donors (Lipinski definition) is 2. The number of carbonyl (C=O) groups excluding carboxylic acids is 1. The fourth-order valence-electron chi connectivity index (χ4n) is 5.07. The summed E-state index contributed by atoms with van der Waals surface area (Å²) in [5, 5.41) is 14.4. The number of rotatable bonds is 5. The Kier molecular flexibility index (Phi) is 5.88. The average molecular weight is 395 g/mol. The van der Waals surface area contributed by atoms with E-state index in [0.717, 1.165) is 49.1 Å². The summed E-state index contributed by atoms with van der Waals surface area (Å²) < 4.78 is 5.31. The average Bonchev–Trinajstić information content (AvgIpc) is 2.74. The zero-order chi connectivity index (χ0) is 20.3. The van der Waals surface area contributed by atoms with E-state index in [1.807, 2.05) is 42.5 Å². The molecule has 1 aliphatic heterocycles. The second kappa shape index (κ2) is 8.56. The van der Waals surface area contributed by atoms with Crippen LogP contribution in [-0.4, -0.2) is 41.7 Å². The van der Waals surface area contributed by atoms with Gasteiger partial charge in [0.15, 0.2) is 0 Å². The van der Waals surface area contributed by atoms with Gasteiger partial charge in [-0.3, -0.25) is 9.69 Å². The maximum Gasteiger partial charge on any atom is 0.238 e. The Morgan fingerprint density at radius 1 is 1.14 bits per heavy atom. The zero-order valence-electron chi connectivity index (χ0n) is 17.0. The van der Waals surface area contributed by atoms with Gasteiger partial charge >= 0.3 is 0 Å². The first kappa shape index (κ1) is 19.9. The molecular formula is C24H30N2O3. The molecule has 4 rings (SSSR count). The van der Waals surface area contributed by atoms with Crippen molar-refractivity contribution in [2.75, 3.05) is 25.5 Å². The van der Waals surface area contributed by atoms with Crippen LogP contribution in [0.2, 0.25) is 0 Å². The lowest BCUT2D eigenvalue weighted by molar-refractivity contribution is -0.135. The van der Waals surface area contributed by atoms with Crippen LogP contribution in [0.15, 0.2) is 54.6 Å². The number of nitrogens with zero attached hydrogens (tertiary/aromatic N) is 1. The quantitative estimate of drug-likeness (QED) is 0.805. The number of aliphatic hydroxyl groups is 1. The van der Waals surface area contributed by atoms with Gasteiger partial charge in [-0.05, 0) is 49.1 Å². The molecule has 2 fully saturated rings. The molecule has 0 radical (unpaired) electrons. The second-order valence-electron chi connectivity index (χ2n) is 8.31. The number of amides is 1. The number of methoxy groups -OCH3 is 1. The molecule has 0 spiro atoms. The number of para-hydroxylation sites is 1. The van der Waals surface area contributed by atoms with E-state index in [0.29, 0.717) is 13.1 Å². The van der Waals surface area contributed by atoms with Crippen molar-refractivity contribution in [1.82, 2.24) is 4.90 Å². The van der Waals surface area contributed by atoms with Crippen molar-refractivity contribution >= 4 is 11.6 Å². The van der Waals surface area contributed by atoms with E-state index in [2.05, 4.69) is 22.3 Å². The van der Waals surface area contributed by atoms with E-state index >= 15 is 0 Å². The van der Waals surface area contributed by atoms with Crippen LogP contribution in [0.1, 0.15) is 43.7 Å². The molecule has 5 heteroatoms. The van der Waals surface area contributed by atoms with Gasteiger partial charge in [0.2, 0.25) is 5.91 Å². The summed E-state index contributed by atoms with van der Waals surface area (Å²) in [7, 11) is 1.66. The van der Waals surface area contributed by atoms with E-state index in [4.69, 9.17) is 4.74 Å². The highest BCUT2D eigenvalue weighted by atomic mass is 16.5. The van der Waals surface area contributed by atoms with E-state index in [-0.39, 0.29) is 17.9 Å². The first-order chi connectivity index (χ1) is 14.1. The van der Waals surface area contributed by atoms with Crippen molar-refractivity contribution in [1.29, 1.82) is 0 Å². The summed E-state index contributed by atoms with van der Waals surface area (Å²) in [5.74, 6) is 0.940. The molecule has 1 heterocycles. The molecule has 1 aliphatic carbocycles. The van der Waals surface area contributed by atoms with Gasteiger partial charge in [-0.15, -0.1) is 0 Å². The largest absolute Gasteiger partial charge is 0.497 e. The molecule has 2 aromatic carbocycles. The molecular weight excluding hydrogens is 364 g/mol. The maximum absolute atomic E-state index is 12.8. The third-order valence-corrected chi connectivity index (χ3v) is 6.53. The lowest BCUT2D eigenvalue weighted by atomic mass is 9.66. The highest BCUT2D eigenvalue weighted by Crippen LogP contribution is 2.49. The SMILES string of the molecule is COc1ccc(C2[C@@H]3CCCC[C@]3(O)CCN2CC(=O)Nc2ccccc2)cc1. The number of benzene rings is 2. The lowest BCUT2D eigenvalue weighted by Gasteiger charge is -2.52. The fourth-order valence-corrected chi connectivity index (χ4v) is 5.07. The molecule has 0 aromatic heterocycles. The Labute approximate surface area is 172 Å². The molecule has 2 N–H and O–H groups in total. The van der Waals surface area contributed by atoms with Crippen LogP contribution in [-0.2, 0) is 4.79 Å².